The Morgan fingerprint density at radius 1 is 0.424 bits per heavy atom. The van der Waals surface area contributed by atoms with Crippen LogP contribution in [0.1, 0.15) is 48.4 Å². The Bertz CT molecular complexity index is 1540. The van der Waals surface area contributed by atoms with E-state index in [4.69, 9.17) is 0 Å². The molecule has 0 aromatic heterocycles. The molecule has 0 saturated heterocycles. The fourth-order valence-corrected chi connectivity index (χ4v) is 5.99. The van der Waals surface area contributed by atoms with Gasteiger partial charge in [-0.25, -0.2) is 0 Å². The van der Waals surface area contributed by atoms with Crippen LogP contribution >= 0.6 is 0 Å². The molecule has 4 amide bonds. The van der Waals surface area contributed by atoms with Crippen LogP contribution in [0.25, 0.3) is 0 Å². The van der Waals surface area contributed by atoms with Crippen LogP contribution < -0.4 is 21.3 Å². The molecular weight excluding hydrogens is 766 g/mol. The summed E-state index contributed by atoms with van der Waals surface area (Å²) < 4.78 is 0. The van der Waals surface area contributed by atoms with Crippen molar-refractivity contribution in [3.05, 3.63) is 59.7 Å². The smallest absolute Gasteiger partial charge is 0.317 e. The Kier molecular flexibility index (Phi) is 23.0. The van der Waals surface area contributed by atoms with Gasteiger partial charge >= 0.3 is 17.9 Å². The number of carboxylic acids is 3. The summed E-state index contributed by atoms with van der Waals surface area (Å²) in [4.78, 5) is 94.4. The maximum atomic E-state index is 12.9. The standard InChI is InChI=1S/C40H61N9O10/c1-5-45(6-2)19-17-41-39(58)30-9-13-32(14-10-30)43-34(50)25-48(28-37(54)55)23-21-47(27-36(52)53)22-24-49(29-38(56)57)26-35(51)44-33-15-11-31(12-16-33)40(59)42-18-20-46(7-3)8-4/h9-16H,5-8,17-29H2,1-4H3,(H,41,58)(H,42,59)(H,43,50)(H,44,51)(H,52,53)(H,54,55)(H,56,57). The van der Waals surface area contributed by atoms with Crippen molar-refractivity contribution in [2.24, 2.45) is 0 Å². The normalized spacial score (nSPS) is 11.3. The van der Waals surface area contributed by atoms with Crippen molar-refractivity contribution in [1.29, 1.82) is 0 Å². The lowest BCUT2D eigenvalue weighted by Gasteiger charge is -2.28. The van der Waals surface area contributed by atoms with E-state index < -0.39 is 49.4 Å². The first-order chi connectivity index (χ1) is 28.1. The lowest BCUT2D eigenvalue weighted by Crippen LogP contribution is -2.46. The van der Waals surface area contributed by atoms with Gasteiger partial charge in [-0.15, -0.1) is 0 Å². The molecule has 0 aliphatic rings. The first-order valence-electron chi connectivity index (χ1n) is 19.8. The second-order valence-corrected chi connectivity index (χ2v) is 13.7. The maximum absolute atomic E-state index is 12.9. The van der Waals surface area contributed by atoms with Crippen LogP contribution in [0.4, 0.5) is 11.4 Å². The number of carbonyl (C=O) groups is 7. The highest BCUT2D eigenvalue weighted by Crippen LogP contribution is 2.11. The minimum atomic E-state index is -1.21. The number of benzene rings is 2. The summed E-state index contributed by atoms with van der Waals surface area (Å²) in [6.07, 6.45) is 0. The van der Waals surface area contributed by atoms with E-state index in [9.17, 15) is 48.9 Å². The first-order valence-corrected chi connectivity index (χ1v) is 19.8. The highest BCUT2D eigenvalue weighted by molar-refractivity contribution is 5.97. The van der Waals surface area contributed by atoms with Crippen molar-refractivity contribution in [1.82, 2.24) is 35.1 Å². The average molecular weight is 828 g/mol. The summed E-state index contributed by atoms with van der Waals surface area (Å²) in [6, 6.07) is 12.5. The molecule has 326 valence electrons. The van der Waals surface area contributed by atoms with Crippen LogP contribution in [-0.4, -0.2) is 193 Å². The SMILES string of the molecule is CCN(CC)CCNC(=O)c1ccc(NC(=O)CN(CCN(CCN(CC(=O)O)CC(=O)Nc2ccc(C(=O)NCCN(CC)CC)cc2)CC(=O)O)CC(=O)O)cc1. The number of rotatable bonds is 30. The summed E-state index contributed by atoms with van der Waals surface area (Å²) in [5.74, 6) is -5.17. The lowest BCUT2D eigenvalue weighted by molar-refractivity contribution is -0.140. The molecule has 2 aromatic carbocycles. The molecule has 7 N–H and O–H groups in total. The molecule has 19 heteroatoms. The van der Waals surface area contributed by atoms with Gasteiger partial charge in [-0.1, -0.05) is 27.7 Å². The van der Waals surface area contributed by atoms with Crippen LogP contribution in [0.3, 0.4) is 0 Å². The number of likely N-dealkylation sites (N-methyl/N-ethyl adjacent to an activating group) is 2. The van der Waals surface area contributed by atoms with Crippen LogP contribution in [0.2, 0.25) is 0 Å². The maximum Gasteiger partial charge on any atom is 0.317 e. The lowest BCUT2D eigenvalue weighted by atomic mass is 10.2. The van der Waals surface area contributed by atoms with E-state index in [1.807, 2.05) is 27.7 Å². The number of carboxylic acid groups (broad SMARTS) is 3. The third-order valence-corrected chi connectivity index (χ3v) is 9.35. The van der Waals surface area contributed by atoms with E-state index in [-0.39, 0.29) is 51.1 Å². The molecule has 2 rings (SSSR count). The fourth-order valence-electron chi connectivity index (χ4n) is 5.99. The van der Waals surface area contributed by atoms with Crippen molar-refractivity contribution in [3.63, 3.8) is 0 Å². The fraction of sp³-hybridized carbons (Fsp3) is 0.525. The van der Waals surface area contributed by atoms with Crippen molar-refractivity contribution < 1.29 is 48.9 Å². The molecule has 0 heterocycles. The number of hydrogen-bond donors (Lipinski definition) is 7. The molecular formula is C40H61N9O10. The van der Waals surface area contributed by atoms with Gasteiger partial charge in [-0.05, 0) is 74.7 Å². The van der Waals surface area contributed by atoms with E-state index in [0.717, 1.165) is 26.2 Å². The van der Waals surface area contributed by atoms with E-state index in [1.165, 1.54) is 14.7 Å². The molecule has 2 aromatic rings. The second-order valence-electron chi connectivity index (χ2n) is 13.7. The van der Waals surface area contributed by atoms with Crippen molar-refractivity contribution in [2.75, 3.05) is 122 Å². The monoisotopic (exact) mass is 827 g/mol. The minimum Gasteiger partial charge on any atom is -0.480 e. The number of nitrogens with one attached hydrogen (secondary N) is 4. The molecule has 0 aliphatic carbocycles. The van der Waals surface area contributed by atoms with Gasteiger partial charge in [0.1, 0.15) is 0 Å². The Balaban J connectivity index is 1.95. The van der Waals surface area contributed by atoms with Crippen molar-refractivity contribution in [2.45, 2.75) is 27.7 Å². The molecule has 0 radical (unpaired) electrons. The Morgan fingerprint density at radius 2 is 0.729 bits per heavy atom. The van der Waals surface area contributed by atoms with Gasteiger partial charge in [0.2, 0.25) is 11.8 Å². The highest BCUT2D eigenvalue weighted by Gasteiger charge is 2.20. The predicted octanol–water partition coefficient (Wildman–Crippen LogP) is 0.567. The summed E-state index contributed by atoms with van der Waals surface area (Å²) in [5.41, 5.74) is 1.60. The summed E-state index contributed by atoms with van der Waals surface area (Å²) >= 11 is 0. The molecule has 19 nitrogen and oxygen atoms in total. The molecule has 0 aliphatic heterocycles. The first kappa shape index (κ1) is 49.7. The molecule has 0 unspecified atom stereocenters. The van der Waals surface area contributed by atoms with Gasteiger partial charge in [0.25, 0.3) is 11.8 Å². The zero-order chi connectivity index (χ0) is 43.7. The van der Waals surface area contributed by atoms with Gasteiger partial charge in [0.15, 0.2) is 0 Å². The third kappa shape index (κ3) is 20.7. The number of carbonyl (C=O) groups excluding carboxylic acids is 4. The molecule has 0 bridgehead atoms. The molecule has 59 heavy (non-hydrogen) atoms. The van der Waals surface area contributed by atoms with Gasteiger partial charge in [-0.2, -0.15) is 0 Å². The summed E-state index contributed by atoms with van der Waals surface area (Å²) in [5, 5.41) is 39.7. The number of anilines is 2. The van der Waals surface area contributed by atoms with E-state index in [2.05, 4.69) is 31.1 Å². The number of aliphatic carboxylic acids is 3. The Labute approximate surface area is 345 Å². The van der Waals surface area contributed by atoms with Crippen molar-refractivity contribution in [3.8, 4) is 0 Å². The highest BCUT2D eigenvalue weighted by atomic mass is 16.4. The number of hydrogen-bond acceptors (Lipinski definition) is 12. The number of nitrogens with zero attached hydrogens (tertiary/aromatic N) is 5. The Hall–Kier alpha value is -5.47. The van der Waals surface area contributed by atoms with Crippen molar-refractivity contribution >= 4 is 52.9 Å². The van der Waals surface area contributed by atoms with Gasteiger partial charge in [0, 0.05) is 74.9 Å². The van der Waals surface area contributed by atoms with Crippen LogP contribution in [0.15, 0.2) is 48.5 Å². The summed E-state index contributed by atoms with van der Waals surface area (Å²) in [6.45, 7) is 11.9. The third-order valence-electron chi connectivity index (χ3n) is 9.35. The predicted molar refractivity (Wildman–Crippen MR) is 223 cm³/mol. The van der Waals surface area contributed by atoms with Gasteiger partial charge in [0.05, 0.1) is 32.7 Å². The zero-order valence-corrected chi connectivity index (χ0v) is 34.6. The topological polar surface area (TPSA) is 244 Å². The van der Waals surface area contributed by atoms with Crippen LogP contribution in [-0.2, 0) is 24.0 Å². The van der Waals surface area contributed by atoms with E-state index in [0.29, 0.717) is 48.7 Å². The molecule has 0 saturated carbocycles. The van der Waals surface area contributed by atoms with Gasteiger partial charge < -0.3 is 46.4 Å². The van der Waals surface area contributed by atoms with E-state index in [1.54, 1.807) is 48.5 Å². The zero-order valence-electron chi connectivity index (χ0n) is 34.6. The second kappa shape index (κ2) is 27.3. The molecule has 0 atom stereocenters. The van der Waals surface area contributed by atoms with E-state index >= 15 is 0 Å². The molecule has 0 fully saturated rings. The average Bonchev–Trinajstić information content (AvgIpc) is 3.18. The van der Waals surface area contributed by atoms with Gasteiger partial charge in [-0.3, -0.25) is 48.3 Å². The number of amides is 4. The quantitative estimate of drug-likeness (QED) is 0.0569. The summed E-state index contributed by atoms with van der Waals surface area (Å²) in [7, 11) is 0. The Morgan fingerprint density at radius 3 is 1.03 bits per heavy atom. The minimum absolute atomic E-state index is 0.00738. The largest absolute Gasteiger partial charge is 0.480 e. The van der Waals surface area contributed by atoms with Crippen LogP contribution in [0, 0.1) is 0 Å². The molecule has 0 spiro atoms. The van der Waals surface area contributed by atoms with Crippen LogP contribution in [0.5, 0.6) is 0 Å².